The second-order valence-corrected chi connectivity index (χ2v) is 8.99. The summed E-state index contributed by atoms with van der Waals surface area (Å²) < 4.78 is 6.08. The molecule has 0 atom stereocenters. The summed E-state index contributed by atoms with van der Waals surface area (Å²) in [5.74, 6) is 1.69. The van der Waals surface area contributed by atoms with Crippen LogP contribution in [0, 0.1) is 19.1 Å². The van der Waals surface area contributed by atoms with Crippen LogP contribution in [0.4, 0.5) is 17.1 Å². The zero-order valence-corrected chi connectivity index (χ0v) is 24.2. The number of anilines is 3. The molecule has 4 aromatic carbocycles. The van der Waals surface area contributed by atoms with Gasteiger partial charge in [-0.15, -0.1) is 65.7 Å². The van der Waals surface area contributed by atoms with E-state index < -0.39 is 0 Å². The summed E-state index contributed by atoms with van der Waals surface area (Å²) in [7, 11) is 0. The van der Waals surface area contributed by atoms with E-state index in [2.05, 4.69) is 51.3 Å². The largest absolute Gasteiger partial charge is 0.453 e. The predicted molar refractivity (Wildman–Crippen MR) is 157 cm³/mol. The number of hydrogen-bond acceptors (Lipinski definition) is 4. The number of benzene rings is 4. The number of aryl methyl sites for hydroxylation is 1. The molecular weight excluding hydrogens is 671 g/mol. The van der Waals surface area contributed by atoms with E-state index in [4.69, 9.17) is 4.74 Å². The van der Waals surface area contributed by atoms with Crippen molar-refractivity contribution >= 4 is 17.1 Å². The van der Waals surface area contributed by atoms with Crippen molar-refractivity contribution in [2.75, 3.05) is 4.90 Å². The maximum Gasteiger partial charge on any atom is 0.151 e. The van der Waals surface area contributed by atoms with Gasteiger partial charge in [-0.05, 0) is 60.4 Å². The first-order valence-electron chi connectivity index (χ1n) is 12.8. The minimum absolute atomic E-state index is 0. The van der Waals surface area contributed by atoms with Crippen LogP contribution in [0.2, 0.25) is 0 Å². The first-order chi connectivity index (χ1) is 19.3. The summed E-state index contributed by atoms with van der Waals surface area (Å²) in [6.45, 7) is 1.99. The fourth-order valence-electron chi connectivity index (χ4n) is 4.49. The fraction of sp³-hybridized carbons (Fsp3) is 0.0286. The van der Waals surface area contributed by atoms with E-state index in [0.717, 1.165) is 56.8 Å². The monoisotopic (exact) mass is 696 g/mol. The van der Waals surface area contributed by atoms with Crippen LogP contribution in [0.3, 0.4) is 0 Å². The quantitative estimate of drug-likeness (QED) is 0.173. The van der Waals surface area contributed by atoms with E-state index in [-0.39, 0.29) is 20.1 Å². The molecule has 0 fully saturated rings. The van der Waals surface area contributed by atoms with Crippen LogP contribution in [0.15, 0.2) is 134 Å². The molecule has 0 amide bonds. The Balaban J connectivity index is 0.000000195. The van der Waals surface area contributed by atoms with Gasteiger partial charge in [0.2, 0.25) is 0 Å². The molecule has 6 aromatic rings. The standard InChI is InChI=1S/C23H15N2O.C12H10N.Ir/c1-3-13-22-20(11-1)25(21-12-2-4-14-23(21)26-22)18-9-7-8-17(16-18)19-10-5-6-15-24-19;1-10-6-5-9-12(13-10)11-7-3-2-4-8-11;/h1-7,9-16H;2-7,9H,1H3;/q2*-1;. The molecule has 2 aromatic heterocycles. The van der Waals surface area contributed by atoms with Crippen molar-refractivity contribution in [1.29, 1.82) is 0 Å². The molecule has 5 heteroatoms. The molecule has 1 aliphatic rings. The van der Waals surface area contributed by atoms with Crippen molar-refractivity contribution in [3.8, 4) is 34.0 Å². The smallest absolute Gasteiger partial charge is 0.151 e. The number of nitrogens with zero attached hydrogens (tertiary/aromatic N) is 3. The van der Waals surface area contributed by atoms with Gasteiger partial charge in [-0.25, -0.2) is 0 Å². The van der Waals surface area contributed by atoms with Crippen LogP contribution < -0.4 is 9.64 Å². The topological polar surface area (TPSA) is 38.2 Å². The summed E-state index contributed by atoms with van der Waals surface area (Å²) in [6, 6.07) is 48.5. The zero-order valence-electron chi connectivity index (χ0n) is 21.8. The van der Waals surface area contributed by atoms with Crippen molar-refractivity contribution in [2.24, 2.45) is 0 Å². The first kappa shape index (κ1) is 27.0. The predicted octanol–water partition coefficient (Wildman–Crippen LogP) is 8.98. The van der Waals surface area contributed by atoms with Crippen LogP contribution in [-0.2, 0) is 20.1 Å². The van der Waals surface area contributed by atoms with Crippen molar-refractivity contribution in [3.63, 3.8) is 0 Å². The number of fused-ring (bicyclic) bond motifs is 2. The Labute approximate surface area is 248 Å². The molecule has 0 spiro atoms. The Morgan fingerprint density at radius 1 is 0.625 bits per heavy atom. The molecule has 3 heterocycles. The molecule has 4 nitrogen and oxygen atoms in total. The van der Waals surface area contributed by atoms with E-state index in [0.29, 0.717) is 0 Å². The van der Waals surface area contributed by atoms with Crippen LogP contribution in [0.1, 0.15) is 5.69 Å². The zero-order chi connectivity index (χ0) is 26.4. The minimum Gasteiger partial charge on any atom is -0.453 e. The third kappa shape index (κ3) is 5.86. The van der Waals surface area contributed by atoms with E-state index >= 15 is 0 Å². The summed E-state index contributed by atoms with van der Waals surface area (Å²) >= 11 is 0. The Morgan fingerprint density at radius 3 is 1.98 bits per heavy atom. The SMILES string of the molecule is Cc1cccc(-c2[c-]cccc2)n1.[Ir].[c-]1ccc(N2c3ccccc3Oc3ccccc32)cc1-c1ccccn1. The Morgan fingerprint density at radius 2 is 1.30 bits per heavy atom. The fourth-order valence-corrected chi connectivity index (χ4v) is 4.49. The van der Waals surface area contributed by atoms with E-state index in [1.165, 1.54) is 0 Å². The van der Waals surface area contributed by atoms with Crippen molar-refractivity contribution in [1.82, 2.24) is 9.97 Å². The second-order valence-electron chi connectivity index (χ2n) is 8.99. The molecule has 0 bridgehead atoms. The van der Waals surface area contributed by atoms with Crippen molar-refractivity contribution in [3.05, 3.63) is 151 Å². The maximum atomic E-state index is 6.08. The Hall–Kier alpha value is -4.57. The van der Waals surface area contributed by atoms with Crippen molar-refractivity contribution < 1.29 is 24.8 Å². The third-order valence-corrected chi connectivity index (χ3v) is 6.29. The van der Waals surface area contributed by atoms with Gasteiger partial charge in [0.05, 0.1) is 11.4 Å². The number of aromatic nitrogens is 2. The van der Waals surface area contributed by atoms with Crippen molar-refractivity contribution in [2.45, 2.75) is 6.92 Å². The van der Waals surface area contributed by atoms with E-state index in [1.54, 1.807) is 6.20 Å². The summed E-state index contributed by atoms with van der Waals surface area (Å²) in [5, 5.41) is 0. The van der Waals surface area contributed by atoms with Gasteiger partial charge in [-0.2, -0.15) is 0 Å². The van der Waals surface area contributed by atoms with Crippen LogP contribution in [-0.4, -0.2) is 9.97 Å². The number of pyridine rings is 2. The van der Waals surface area contributed by atoms with Crippen LogP contribution in [0.25, 0.3) is 22.5 Å². The number of hydrogen-bond donors (Lipinski definition) is 0. The van der Waals surface area contributed by atoms with Gasteiger partial charge in [-0.3, -0.25) is 0 Å². The van der Waals surface area contributed by atoms with Crippen LogP contribution >= 0.6 is 0 Å². The number of rotatable bonds is 3. The molecule has 0 N–H and O–H groups in total. The molecule has 0 saturated heterocycles. The molecular formula is C35H25IrN3O-2. The van der Waals surface area contributed by atoms with Gasteiger partial charge in [0.1, 0.15) is 0 Å². The number of ether oxygens (including phenoxy) is 1. The Kier molecular flexibility index (Phi) is 8.46. The molecule has 0 unspecified atom stereocenters. The molecule has 7 rings (SSSR count). The van der Waals surface area contributed by atoms with Gasteiger partial charge < -0.3 is 19.6 Å². The average Bonchev–Trinajstić information content (AvgIpc) is 3.01. The maximum absolute atomic E-state index is 6.08. The minimum atomic E-state index is 0. The van der Waals surface area contributed by atoms with Gasteiger partial charge in [0.15, 0.2) is 11.5 Å². The molecule has 0 aliphatic carbocycles. The van der Waals surface area contributed by atoms with E-state index in [1.807, 2.05) is 110 Å². The molecule has 1 aliphatic heterocycles. The second kappa shape index (κ2) is 12.5. The molecule has 197 valence electrons. The van der Waals surface area contributed by atoms with Gasteiger partial charge in [0, 0.05) is 32.0 Å². The van der Waals surface area contributed by atoms with Gasteiger partial charge in [0.25, 0.3) is 0 Å². The normalized spacial score (nSPS) is 11.1. The first-order valence-corrected chi connectivity index (χ1v) is 12.8. The summed E-state index contributed by atoms with van der Waals surface area (Å²) in [5.41, 5.74) is 8.02. The van der Waals surface area contributed by atoms with Crippen LogP contribution in [0.5, 0.6) is 11.5 Å². The Bertz CT molecular complexity index is 1660. The van der Waals surface area contributed by atoms with Gasteiger partial charge >= 0.3 is 0 Å². The molecule has 1 radical (unpaired) electrons. The number of para-hydroxylation sites is 4. The third-order valence-electron chi connectivity index (χ3n) is 6.29. The summed E-state index contributed by atoms with van der Waals surface area (Å²) in [4.78, 5) is 11.1. The van der Waals surface area contributed by atoms with Gasteiger partial charge in [-0.1, -0.05) is 48.5 Å². The molecule has 0 saturated carbocycles. The van der Waals surface area contributed by atoms with E-state index in [9.17, 15) is 0 Å². The average molecular weight is 696 g/mol. The molecule has 40 heavy (non-hydrogen) atoms. The summed E-state index contributed by atoms with van der Waals surface area (Å²) in [6.07, 6.45) is 1.80.